The average Bonchev–Trinajstić information content (AvgIpc) is 2.43. The van der Waals surface area contributed by atoms with Gasteiger partial charge in [0.15, 0.2) is 11.6 Å². The van der Waals surface area contributed by atoms with Crippen LogP contribution in [-0.4, -0.2) is 17.7 Å². The molecular formula is C15H18F2O3. The fraction of sp³-hybridized carbons (Fsp3) is 0.533. The van der Waals surface area contributed by atoms with Crippen molar-refractivity contribution in [3.63, 3.8) is 0 Å². The van der Waals surface area contributed by atoms with Gasteiger partial charge in [-0.25, -0.2) is 8.78 Å². The van der Waals surface area contributed by atoms with E-state index in [2.05, 4.69) is 0 Å². The van der Waals surface area contributed by atoms with Crippen molar-refractivity contribution in [3.8, 4) is 0 Å². The largest absolute Gasteiger partial charge is 0.466 e. The van der Waals surface area contributed by atoms with Crippen molar-refractivity contribution in [1.29, 1.82) is 0 Å². The maximum absolute atomic E-state index is 13.2. The summed E-state index contributed by atoms with van der Waals surface area (Å²) in [7, 11) is 0. The van der Waals surface area contributed by atoms with Crippen LogP contribution in [0, 0.1) is 17.6 Å². The molecular weight excluding hydrogens is 266 g/mol. The van der Waals surface area contributed by atoms with Gasteiger partial charge in [0.25, 0.3) is 0 Å². The molecule has 1 aromatic rings. The highest BCUT2D eigenvalue weighted by Gasteiger charge is 2.37. The summed E-state index contributed by atoms with van der Waals surface area (Å²) in [6.45, 7) is 2.08. The van der Waals surface area contributed by atoms with E-state index in [-0.39, 0.29) is 11.9 Å². The topological polar surface area (TPSA) is 46.5 Å². The van der Waals surface area contributed by atoms with Gasteiger partial charge in [-0.2, -0.15) is 0 Å². The van der Waals surface area contributed by atoms with Gasteiger partial charge in [0.1, 0.15) is 0 Å². The molecule has 1 saturated carbocycles. The van der Waals surface area contributed by atoms with Crippen LogP contribution in [0.3, 0.4) is 0 Å². The number of hydrogen-bond donors (Lipinski definition) is 1. The van der Waals surface area contributed by atoms with Crippen molar-refractivity contribution < 1.29 is 23.4 Å². The molecule has 1 aromatic carbocycles. The Labute approximate surface area is 116 Å². The van der Waals surface area contributed by atoms with Crippen LogP contribution in [0.2, 0.25) is 0 Å². The van der Waals surface area contributed by atoms with Crippen LogP contribution in [0.4, 0.5) is 8.78 Å². The van der Waals surface area contributed by atoms with Gasteiger partial charge < -0.3 is 9.84 Å². The third kappa shape index (κ3) is 2.98. The number of halogens is 2. The lowest BCUT2D eigenvalue weighted by Gasteiger charge is -2.35. The predicted molar refractivity (Wildman–Crippen MR) is 68.8 cm³/mol. The molecule has 0 radical (unpaired) electrons. The third-order valence-corrected chi connectivity index (χ3v) is 3.89. The first kappa shape index (κ1) is 14.9. The van der Waals surface area contributed by atoms with Crippen molar-refractivity contribution in [2.45, 2.75) is 38.2 Å². The summed E-state index contributed by atoms with van der Waals surface area (Å²) in [5.74, 6) is -2.37. The van der Waals surface area contributed by atoms with Crippen molar-refractivity contribution >= 4 is 5.97 Å². The number of aliphatic hydroxyl groups is 1. The summed E-state index contributed by atoms with van der Waals surface area (Å²) >= 11 is 0. The summed E-state index contributed by atoms with van der Waals surface area (Å²) < 4.78 is 31.1. The highest BCUT2D eigenvalue weighted by molar-refractivity contribution is 5.72. The highest BCUT2D eigenvalue weighted by atomic mass is 19.2. The molecule has 110 valence electrons. The molecule has 0 atom stereocenters. The van der Waals surface area contributed by atoms with E-state index in [1.54, 1.807) is 6.92 Å². The number of esters is 1. The molecule has 20 heavy (non-hydrogen) atoms. The van der Waals surface area contributed by atoms with E-state index in [9.17, 15) is 18.7 Å². The van der Waals surface area contributed by atoms with Gasteiger partial charge in [-0.05, 0) is 50.3 Å². The zero-order chi connectivity index (χ0) is 14.8. The van der Waals surface area contributed by atoms with Crippen LogP contribution in [0.1, 0.15) is 38.2 Å². The second kappa shape index (κ2) is 5.87. The zero-order valence-corrected chi connectivity index (χ0v) is 11.4. The maximum atomic E-state index is 13.2. The summed E-state index contributed by atoms with van der Waals surface area (Å²) in [6, 6.07) is 3.43. The van der Waals surface area contributed by atoms with E-state index in [4.69, 9.17) is 4.74 Å². The molecule has 1 N–H and O–H groups in total. The van der Waals surface area contributed by atoms with Crippen molar-refractivity contribution in [2.75, 3.05) is 6.61 Å². The Hall–Kier alpha value is -1.49. The number of carbonyl (C=O) groups excluding carboxylic acids is 1. The average molecular weight is 284 g/mol. The number of ether oxygens (including phenoxy) is 1. The molecule has 3 nitrogen and oxygen atoms in total. The van der Waals surface area contributed by atoms with Crippen LogP contribution >= 0.6 is 0 Å². The van der Waals surface area contributed by atoms with Crippen LogP contribution in [0.5, 0.6) is 0 Å². The highest BCUT2D eigenvalue weighted by Crippen LogP contribution is 2.40. The SMILES string of the molecule is CCOC(=O)C1CCC(O)(c2ccc(F)c(F)c2)CC1. The second-order valence-corrected chi connectivity index (χ2v) is 5.19. The fourth-order valence-corrected chi connectivity index (χ4v) is 2.67. The first-order chi connectivity index (χ1) is 9.46. The Morgan fingerprint density at radius 2 is 2.00 bits per heavy atom. The number of benzene rings is 1. The van der Waals surface area contributed by atoms with Crippen molar-refractivity contribution in [1.82, 2.24) is 0 Å². The summed E-state index contributed by atoms with van der Waals surface area (Å²) in [5, 5.41) is 10.5. The quantitative estimate of drug-likeness (QED) is 0.868. The first-order valence-electron chi connectivity index (χ1n) is 6.81. The van der Waals surface area contributed by atoms with E-state index < -0.39 is 17.2 Å². The number of rotatable bonds is 3. The van der Waals surface area contributed by atoms with Gasteiger partial charge in [-0.15, -0.1) is 0 Å². The fourth-order valence-electron chi connectivity index (χ4n) is 2.67. The standard InChI is InChI=1S/C15H18F2O3/c1-2-20-14(18)10-5-7-15(19,8-6-10)11-3-4-12(16)13(17)9-11/h3-4,9-10,19H,2,5-8H2,1H3. The van der Waals surface area contributed by atoms with Gasteiger partial charge in [0.05, 0.1) is 18.1 Å². The van der Waals surface area contributed by atoms with Crippen molar-refractivity contribution in [2.24, 2.45) is 5.92 Å². The molecule has 5 heteroatoms. The molecule has 0 spiro atoms. The van der Waals surface area contributed by atoms with Gasteiger partial charge >= 0.3 is 5.97 Å². The lowest BCUT2D eigenvalue weighted by Crippen LogP contribution is -2.34. The summed E-state index contributed by atoms with van der Waals surface area (Å²) in [6.07, 6.45) is 1.63. The smallest absolute Gasteiger partial charge is 0.308 e. The Kier molecular flexibility index (Phi) is 4.38. The number of carbonyl (C=O) groups is 1. The second-order valence-electron chi connectivity index (χ2n) is 5.19. The van der Waals surface area contributed by atoms with E-state index in [1.807, 2.05) is 0 Å². The Bertz CT molecular complexity index is 494. The first-order valence-corrected chi connectivity index (χ1v) is 6.81. The van der Waals surface area contributed by atoms with Gasteiger partial charge in [-0.1, -0.05) is 6.07 Å². The van der Waals surface area contributed by atoms with Crippen LogP contribution < -0.4 is 0 Å². The molecule has 0 aromatic heterocycles. The summed E-state index contributed by atoms with van der Waals surface area (Å²) in [5.41, 5.74) is -0.837. The minimum Gasteiger partial charge on any atom is -0.466 e. The minimum absolute atomic E-state index is 0.222. The maximum Gasteiger partial charge on any atom is 0.308 e. The monoisotopic (exact) mass is 284 g/mol. The van der Waals surface area contributed by atoms with Crippen LogP contribution in [0.15, 0.2) is 18.2 Å². The molecule has 0 bridgehead atoms. The van der Waals surface area contributed by atoms with Crippen LogP contribution in [0.25, 0.3) is 0 Å². The lowest BCUT2D eigenvalue weighted by molar-refractivity contribution is -0.151. The Morgan fingerprint density at radius 3 is 2.55 bits per heavy atom. The molecule has 2 rings (SSSR count). The van der Waals surface area contributed by atoms with E-state index in [1.165, 1.54) is 6.07 Å². The summed E-state index contributed by atoms with van der Waals surface area (Å²) in [4.78, 5) is 11.6. The Morgan fingerprint density at radius 1 is 1.35 bits per heavy atom. The van der Waals surface area contributed by atoms with E-state index in [0.29, 0.717) is 37.9 Å². The van der Waals surface area contributed by atoms with E-state index >= 15 is 0 Å². The number of hydrogen-bond acceptors (Lipinski definition) is 3. The van der Waals surface area contributed by atoms with Crippen LogP contribution in [-0.2, 0) is 15.1 Å². The molecule has 0 amide bonds. The Balaban J connectivity index is 2.07. The molecule has 0 heterocycles. The normalized spacial score (nSPS) is 26.3. The molecule has 0 saturated heterocycles. The molecule has 1 aliphatic carbocycles. The third-order valence-electron chi connectivity index (χ3n) is 3.89. The molecule has 0 aliphatic heterocycles. The molecule has 1 aliphatic rings. The minimum atomic E-state index is -1.20. The lowest BCUT2D eigenvalue weighted by atomic mass is 9.75. The van der Waals surface area contributed by atoms with Crippen molar-refractivity contribution in [3.05, 3.63) is 35.4 Å². The molecule has 0 unspecified atom stereocenters. The van der Waals surface area contributed by atoms with Gasteiger partial charge in [0, 0.05) is 0 Å². The van der Waals surface area contributed by atoms with Gasteiger partial charge in [0.2, 0.25) is 0 Å². The van der Waals surface area contributed by atoms with Gasteiger partial charge in [-0.3, -0.25) is 4.79 Å². The van der Waals surface area contributed by atoms with E-state index in [0.717, 1.165) is 12.1 Å². The predicted octanol–water partition coefficient (Wildman–Crippen LogP) is 2.91. The zero-order valence-electron chi connectivity index (χ0n) is 11.4. The molecule has 1 fully saturated rings.